The van der Waals surface area contributed by atoms with Gasteiger partial charge >= 0.3 is 0 Å². The molecule has 0 aliphatic heterocycles. The highest BCUT2D eigenvalue weighted by Crippen LogP contribution is 2.54. The van der Waals surface area contributed by atoms with Crippen molar-refractivity contribution >= 4 is 28.9 Å². The second kappa shape index (κ2) is 9.40. The van der Waals surface area contributed by atoms with Crippen LogP contribution in [0, 0.1) is 11.8 Å². The van der Waals surface area contributed by atoms with Gasteiger partial charge in [0.1, 0.15) is 22.8 Å². The molecule has 1 fully saturated rings. The maximum Gasteiger partial charge on any atom is 0.255 e. The van der Waals surface area contributed by atoms with Gasteiger partial charge in [-0.3, -0.25) is 19.3 Å². The zero-order valence-electron chi connectivity index (χ0n) is 22.5. The number of fused-ring (bicyclic) bond motifs is 3. The van der Waals surface area contributed by atoms with Crippen molar-refractivity contribution in [1.29, 1.82) is 0 Å². The van der Waals surface area contributed by atoms with Gasteiger partial charge in [0.2, 0.25) is 5.78 Å². The summed E-state index contributed by atoms with van der Waals surface area (Å²) >= 11 is 0. The molecule has 3 aliphatic carbocycles. The lowest BCUT2D eigenvalue weighted by atomic mass is 9.57. The number of hydrogen-bond donors (Lipinski definition) is 6. The molecule has 0 bridgehead atoms. The summed E-state index contributed by atoms with van der Waals surface area (Å²) in [5, 5.41) is 48.3. The molecule has 7 N–H and O–H groups in total. The summed E-state index contributed by atoms with van der Waals surface area (Å²) in [6.07, 6.45) is 0.291. The number of benzene rings is 1. The van der Waals surface area contributed by atoms with Crippen molar-refractivity contribution in [3.63, 3.8) is 0 Å². The van der Waals surface area contributed by atoms with Gasteiger partial charge in [0.25, 0.3) is 5.91 Å². The normalized spacial score (nSPS) is 27.0. The number of primary amides is 1. The number of ketones is 2. The third kappa shape index (κ3) is 3.88. The van der Waals surface area contributed by atoms with Crippen LogP contribution in [-0.4, -0.2) is 88.7 Å². The first-order chi connectivity index (χ1) is 17.6. The Morgan fingerprint density at radius 3 is 2.34 bits per heavy atom. The van der Waals surface area contributed by atoms with Crippen molar-refractivity contribution < 1.29 is 34.8 Å². The van der Waals surface area contributed by atoms with Crippen molar-refractivity contribution in [1.82, 2.24) is 10.2 Å². The summed E-state index contributed by atoms with van der Waals surface area (Å²) < 4.78 is 0. The molecule has 38 heavy (non-hydrogen) atoms. The van der Waals surface area contributed by atoms with Crippen LogP contribution >= 0.6 is 0 Å². The summed E-state index contributed by atoms with van der Waals surface area (Å²) in [5.41, 5.74) is 4.03. The maximum atomic E-state index is 13.9. The van der Waals surface area contributed by atoms with Crippen LogP contribution in [0.1, 0.15) is 37.0 Å². The number of anilines is 1. The number of nitrogens with two attached hydrogens (primary N) is 1. The molecule has 0 unspecified atom stereocenters. The largest absolute Gasteiger partial charge is 0.508 e. The number of likely N-dealkylation sites (N-methyl/N-ethyl adjacent to an activating group) is 1. The van der Waals surface area contributed by atoms with Crippen LogP contribution in [-0.2, 0) is 27.3 Å². The standard InChI is InChI=1S/C27H36N4O7/c1-11(2)29-10-13-9-16(32)18-14(20(13)30(3)4)7-12-8-15-21(31(5)6)23(34)19(26(28)37)25(36)27(15,38)24(35)17(12)22(18)33/h9,11-12,15,21,29,32-33,36,38H,7-8,10H2,1-6H3,(H2,28,37)/t12-,15-,21-,27-/m0/s1. The number of aliphatic hydroxyl groups excluding tert-OH is 2. The predicted molar refractivity (Wildman–Crippen MR) is 141 cm³/mol. The molecule has 1 aromatic rings. The SMILES string of the molecule is CC(C)NCc1cc(O)c2c(c1N(C)C)C[C@H]1C[C@H]3[C@H](N(C)C)C(=O)C(C(N)=O)=C(O)[C@@]3(O)C(=O)C1=C2O. The van der Waals surface area contributed by atoms with E-state index in [4.69, 9.17) is 5.73 Å². The van der Waals surface area contributed by atoms with Crippen molar-refractivity contribution in [2.75, 3.05) is 33.1 Å². The number of rotatable bonds is 6. The van der Waals surface area contributed by atoms with E-state index in [9.17, 15) is 34.8 Å². The number of hydrogen-bond acceptors (Lipinski definition) is 10. The molecule has 1 aromatic carbocycles. The van der Waals surface area contributed by atoms with Gasteiger partial charge in [-0.25, -0.2) is 0 Å². The number of aromatic hydroxyl groups is 1. The summed E-state index contributed by atoms with van der Waals surface area (Å²) in [5.74, 6) is -6.60. The molecule has 206 valence electrons. The van der Waals surface area contributed by atoms with Gasteiger partial charge in [0.15, 0.2) is 11.4 Å². The topological polar surface area (TPSA) is 177 Å². The second-order valence-corrected chi connectivity index (χ2v) is 11.1. The molecule has 4 rings (SSSR count). The van der Waals surface area contributed by atoms with E-state index < -0.39 is 58.0 Å². The minimum atomic E-state index is -2.65. The number of nitrogens with zero attached hydrogens (tertiary/aromatic N) is 2. The molecular weight excluding hydrogens is 492 g/mol. The van der Waals surface area contributed by atoms with Gasteiger partial charge in [0, 0.05) is 43.9 Å². The molecular formula is C27H36N4O7. The number of Topliss-reactive ketones (excluding diaryl/α,β-unsaturated/α-hetero) is 2. The van der Waals surface area contributed by atoms with Crippen LogP contribution in [0.3, 0.4) is 0 Å². The van der Waals surface area contributed by atoms with E-state index in [1.807, 2.05) is 32.8 Å². The van der Waals surface area contributed by atoms with Crippen molar-refractivity contribution in [2.24, 2.45) is 17.6 Å². The number of phenols is 1. The van der Waals surface area contributed by atoms with Gasteiger partial charge in [-0.2, -0.15) is 0 Å². The fraction of sp³-hybridized carbons (Fsp3) is 0.519. The Balaban J connectivity index is 1.96. The molecule has 1 saturated carbocycles. The molecule has 0 heterocycles. The minimum Gasteiger partial charge on any atom is -0.508 e. The number of phenolic OH excluding ortho intramolecular Hbond substituents is 1. The predicted octanol–water partition coefficient (Wildman–Crippen LogP) is 0.528. The van der Waals surface area contributed by atoms with Gasteiger partial charge < -0.3 is 36.4 Å². The Bertz CT molecular complexity index is 1300. The number of amides is 1. The van der Waals surface area contributed by atoms with E-state index in [0.717, 1.165) is 11.3 Å². The maximum absolute atomic E-state index is 13.9. The van der Waals surface area contributed by atoms with Crippen LogP contribution in [0.25, 0.3) is 5.76 Å². The van der Waals surface area contributed by atoms with E-state index in [1.54, 1.807) is 14.1 Å². The Morgan fingerprint density at radius 1 is 1.18 bits per heavy atom. The van der Waals surface area contributed by atoms with Crippen molar-refractivity contribution in [3.05, 3.63) is 39.7 Å². The second-order valence-electron chi connectivity index (χ2n) is 11.1. The highest BCUT2D eigenvalue weighted by Gasteiger charge is 2.64. The van der Waals surface area contributed by atoms with E-state index in [2.05, 4.69) is 5.32 Å². The Labute approximate surface area is 221 Å². The molecule has 4 atom stereocenters. The Morgan fingerprint density at radius 2 is 1.82 bits per heavy atom. The van der Waals surface area contributed by atoms with Crippen LogP contribution in [0.5, 0.6) is 5.75 Å². The fourth-order valence-corrected chi connectivity index (χ4v) is 6.37. The highest BCUT2D eigenvalue weighted by atomic mass is 16.3. The number of carbonyl (C=O) groups is 3. The monoisotopic (exact) mass is 528 g/mol. The fourth-order valence-electron chi connectivity index (χ4n) is 6.37. The number of aliphatic hydroxyl groups is 3. The van der Waals surface area contributed by atoms with Crippen LogP contribution in [0.15, 0.2) is 23.0 Å². The van der Waals surface area contributed by atoms with E-state index >= 15 is 0 Å². The number of carbonyl (C=O) groups excluding carboxylic acids is 3. The Kier molecular flexibility index (Phi) is 6.84. The van der Waals surface area contributed by atoms with E-state index in [0.29, 0.717) is 12.1 Å². The zero-order valence-corrected chi connectivity index (χ0v) is 22.5. The third-order valence-corrected chi connectivity index (χ3v) is 7.92. The lowest BCUT2D eigenvalue weighted by Crippen LogP contribution is -2.65. The van der Waals surface area contributed by atoms with Gasteiger partial charge in [-0.1, -0.05) is 13.8 Å². The van der Waals surface area contributed by atoms with Crippen LogP contribution < -0.4 is 16.0 Å². The molecule has 11 heteroatoms. The van der Waals surface area contributed by atoms with Crippen molar-refractivity contribution in [2.45, 2.75) is 50.9 Å². The average Bonchev–Trinajstić information content (AvgIpc) is 2.79. The smallest absolute Gasteiger partial charge is 0.255 e. The first-order valence-corrected chi connectivity index (χ1v) is 12.6. The van der Waals surface area contributed by atoms with Gasteiger partial charge in [0.05, 0.1) is 11.6 Å². The molecule has 0 aromatic heterocycles. The Hall–Kier alpha value is -3.41. The van der Waals surface area contributed by atoms with Gasteiger partial charge in [-0.05, 0) is 50.0 Å². The molecule has 11 nitrogen and oxygen atoms in total. The summed E-state index contributed by atoms with van der Waals surface area (Å²) in [4.78, 5) is 42.6. The summed E-state index contributed by atoms with van der Waals surface area (Å²) in [7, 11) is 6.85. The quantitative estimate of drug-likeness (QED) is 0.286. The van der Waals surface area contributed by atoms with Crippen LogP contribution in [0.2, 0.25) is 0 Å². The summed E-state index contributed by atoms with van der Waals surface area (Å²) in [6, 6.07) is 0.611. The first-order valence-electron chi connectivity index (χ1n) is 12.6. The van der Waals surface area contributed by atoms with Crippen molar-refractivity contribution in [3.8, 4) is 5.75 Å². The first kappa shape index (κ1) is 27.6. The third-order valence-electron chi connectivity index (χ3n) is 7.92. The zero-order chi connectivity index (χ0) is 28.4. The molecule has 0 saturated heterocycles. The van der Waals surface area contributed by atoms with Gasteiger partial charge in [-0.15, -0.1) is 0 Å². The average molecular weight is 529 g/mol. The lowest BCUT2D eigenvalue weighted by molar-refractivity contribution is -0.153. The van der Waals surface area contributed by atoms with Crippen LogP contribution in [0.4, 0.5) is 5.69 Å². The molecule has 1 amide bonds. The van der Waals surface area contributed by atoms with E-state index in [1.165, 1.54) is 11.0 Å². The minimum absolute atomic E-state index is 0.0495. The van der Waals surface area contributed by atoms with E-state index in [-0.39, 0.29) is 35.8 Å². The molecule has 0 spiro atoms. The molecule has 3 aliphatic rings. The highest BCUT2D eigenvalue weighted by molar-refractivity contribution is 6.24. The molecule has 0 radical (unpaired) electrons. The lowest BCUT2D eigenvalue weighted by Gasteiger charge is -2.50. The number of nitrogens with one attached hydrogen (secondary N) is 1. The summed E-state index contributed by atoms with van der Waals surface area (Å²) in [6.45, 7) is 4.47.